The normalized spacial score (nSPS) is 10.6. The molecule has 0 amide bonds. The van der Waals surface area contributed by atoms with Crippen molar-refractivity contribution < 1.29 is 39.0 Å². The van der Waals surface area contributed by atoms with Crippen LogP contribution in [0.1, 0.15) is 0 Å². The summed E-state index contributed by atoms with van der Waals surface area (Å²) in [5.74, 6) is -1.23. The maximum atomic E-state index is 10.0. The van der Waals surface area contributed by atoms with Crippen LogP contribution in [-0.2, 0) is 13.9 Å². The van der Waals surface area contributed by atoms with Gasteiger partial charge in [0.15, 0.2) is 5.96 Å². The predicted octanol–water partition coefficient (Wildman–Crippen LogP) is -2.65. The number of rotatable bonds is 6. The van der Waals surface area contributed by atoms with Crippen LogP contribution < -0.4 is 5.73 Å². The maximum absolute atomic E-state index is 10.0. The van der Waals surface area contributed by atoms with Crippen molar-refractivity contribution in [2.24, 2.45) is 5.73 Å². The molecule has 0 heterocycles. The minimum absolute atomic E-state index is 0.227. The number of nitrogens with one attached hydrogen (secondary N) is 1. The summed E-state index contributed by atoms with van der Waals surface area (Å²) in [6.07, 6.45) is -1.21. The third-order valence-corrected chi connectivity index (χ3v) is 2.05. The Bertz CT molecular complexity index is 328. The van der Waals surface area contributed by atoms with E-state index in [0.717, 1.165) is 4.90 Å². The largest absolute Gasteiger partial charge is 0.480 e. The van der Waals surface area contributed by atoms with Crippen LogP contribution in [-0.4, -0.2) is 74.8 Å². The number of nitrogens with two attached hydrogens (primary N) is 1. The zero-order chi connectivity index (χ0) is 15.6. The lowest BCUT2D eigenvalue weighted by Gasteiger charge is -2.12. The molecule has 12 heteroatoms. The first kappa shape index (κ1) is 20.1. The number of aliphatic carboxylic acids is 1. The zero-order valence-corrected chi connectivity index (χ0v) is 11.0. The number of likely N-dealkylation sites (N-methyl/N-ethyl adjacent to an activating group) is 1. The molecule has 0 aliphatic rings. The molecule has 0 spiro atoms. The molecule has 0 bridgehead atoms. The molecule has 0 aliphatic carbocycles. The molecule has 114 valence electrons. The van der Waals surface area contributed by atoms with Gasteiger partial charge in [-0.3, -0.25) is 14.7 Å². The summed E-state index contributed by atoms with van der Waals surface area (Å²) < 4.78 is 13.9. The fourth-order valence-corrected chi connectivity index (χ4v) is 1.13. The Morgan fingerprint density at radius 3 is 1.95 bits per heavy atom. The highest BCUT2D eigenvalue weighted by atomic mass is 31.2. The van der Waals surface area contributed by atoms with E-state index in [1.807, 2.05) is 0 Å². The molecule has 0 aromatic heterocycles. The highest BCUT2D eigenvalue weighted by molar-refractivity contribution is 7.46. The number of phosphoric ester groups is 1. The minimum atomic E-state index is -4.57. The number of guanidine groups is 1. The van der Waals surface area contributed by atoms with Crippen LogP contribution in [0.25, 0.3) is 0 Å². The van der Waals surface area contributed by atoms with Crippen LogP contribution in [0.4, 0.5) is 0 Å². The molecule has 11 nitrogen and oxygen atoms in total. The van der Waals surface area contributed by atoms with Gasteiger partial charge in [-0.2, -0.15) is 0 Å². The van der Waals surface area contributed by atoms with Crippen molar-refractivity contribution in [1.29, 1.82) is 5.41 Å². The van der Waals surface area contributed by atoms with E-state index in [0.29, 0.717) is 0 Å². The second-order valence-corrected chi connectivity index (χ2v) is 4.41. The highest BCUT2D eigenvalue weighted by Gasteiger charge is 2.20. The lowest BCUT2D eigenvalue weighted by atomic mass is 10.4. The van der Waals surface area contributed by atoms with E-state index in [2.05, 4.69) is 4.52 Å². The van der Waals surface area contributed by atoms with Gasteiger partial charge >= 0.3 is 13.8 Å². The quantitative estimate of drug-likeness (QED) is 0.154. The number of phosphoric acid groups is 1. The van der Waals surface area contributed by atoms with Crippen LogP contribution in [0.2, 0.25) is 0 Å². The Balaban J connectivity index is 0. The fraction of sp³-hybridized carbons (Fsp3) is 0.714. The van der Waals surface area contributed by atoms with Gasteiger partial charge in [0, 0.05) is 7.05 Å². The topological polar surface area (TPSA) is 198 Å². The molecule has 0 aliphatic heterocycles. The summed E-state index contributed by atoms with van der Waals surface area (Å²) in [5, 5.41) is 31.4. The number of carboxylic acid groups (broad SMARTS) is 1. The number of carbonyl (C=O) groups is 1. The molecule has 0 saturated carbocycles. The van der Waals surface area contributed by atoms with E-state index in [1.165, 1.54) is 7.05 Å². The van der Waals surface area contributed by atoms with Crippen LogP contribution in [0.3, 0.4) is 0 Å². The van der Waals surface area contributed by atoms with Crippen molar-refractivity contribution in [1.82, 2.24) is 4.90 Å². The molecular weight excluding hydrogens is 285 g/mol. The first-order valence-electron chi connectivity index (χ1n) is 4.76. The standard InChI is InChI=1S/C4H9N3O2.C3H9O6P/c1-7(4(5)6)2-3(8)9;4-1-3(2-5)9-10(6,7)8/h2H2,1H3,(H3,5,6)(H,8,9);3-5H,1-2H2,(H2,6,7,8). The van der Waals surface area contributed by atoms with E-state index in [4.69, 9.17) is 36.2 Å². The molecule has 0 rings (SSSR count). The predicted molar refractivity (Wildman–Crippen MR) is 63.3 cm³/mol. The summed E-state index contributed by atoms with van der Waals surface area (Å²) in [7, 11) is -3.13. The van der Waals surface area contributed by atoms with Crippen molar-refractivity contribution >= 4 is 19.8 Å². The number of aliphatic hydroxyl groups excluding tert-OH is 2. The van der Waals surface area contributed by atoms with Crippen molar-refractivity contribution in [2.75, 3.05) is 26.8 Å². The molecule has 8 N–H and O–H groups in total. The van der Waals surface area contributed by atoms with Gasteiger partial charge in [0.1, 0.15) is 12.6 Å². The van der Waals surface area contributed by atoms with Crippen LogP contribution in [0.5, 0.6) is 0 Å². The Morgan fingerprint density at radius 1 is 1.42 bits per heavy atom. The molecule has 0 aromatic rings. The third kappa shape index (κ3) is 14.7. The van der Waals surface area contributed by atoms with E-state index in [1.54, 1.807) is 0 Å². The lowest BCUT2D eigenvalue weighted by molar-refractivity contribution is -0.137. The van der Waals surface area contributed by atoms with Gasteiger partial charge in [-0.15, -0.1) is 0 Å². The number of hydrogen-bond acceptors (Lipinski definition) is 6. The van der Waals surface area contributed by atoms with Crippen LogP contribution in [0, 0.1) is 5.41 Å². The molecule has 19 heavy (non-hydrogen) atoms. The highest BCUT2D eigenvalue weighted by Crippen LogP contribution is 2.37. The van der Waals surface area contributed by atoms with E-state index in [9.17, 15) is 9.36 Å². The molecule has 0 unspecified atom stereocenters. The average molecular weight is 303 g/mol. The first-order chi connectivity index (χ1) is 8.53. The van der Waals surface area contributed by atoms with Crippen molar-refractivity contribution in [3.05, 3.63) is 0 Å². The molecule has 0 radical (unpaired) electrons. The number of nitrogens with zero attached hydrogens (tertiary/aromatic N) is 1. The van der Waals surface area contributed by atoms with Gasteiger partial charge in [-0.1, -0.05) is 0 Å². The fourth-order valence-electron chi connectivity index (χ4n) is 0.607. The monoisotopic (exact) mass is 303 g/mol. The van der Waals surface area contributed by atoms with E-state index < -0.39 is 33.1 Å². The Labute approximate surface area is 109 Å². The second kappa shape index (κ2) is 9.67. The van der Waals surface area contributed by atoms with Gasteiger partial charge in [0.25, 0.3) is 0 Å². The Morgan fingerprint density at radius 2 is 1.84 bits per heavy atom. The minimum Gasteiger partial charge on any atom is -0.480 e. The number of carboxylic acids is 1. The van der Waals surface area contributed by atoms with Gasteiger partial charge < -0.3 is 35.7 Å². The third-order valence-electron chi connectivity index (χ3n) is 1.48. The van der Waals surface area contributed by atoms with Crippen LogP contribution in [0.15, 0.2) is 0 Å². The van der Waals surface area contributed by atoms with Gasteiger partial charge in [-0.05, 0) is 0 Å². The number of hydrogen-bond donors (Lipinski definition) is 7. The molecule has 0 fully saturated rings. The summed E-state index contributed by atoms with van der Waals surface area (Å²) in [6, 6.07) is 0. The maximum Gasteiger partial charge on any atom is 0.470 e. The number of aliphatic hydroxyl groups is 2. The molecule has 0 saturated heterocycles. The summed E-state index contributed by atoms with van der Waals surface area (Å²) in [5.41, 5.74) is 4.93. The molecule has 0 aromatic carbocycles. The summed E-state index contributed by atoms with van der Waals surface area (Å²) >= 11 is 0. The van der Waals surface area contributed by atoms with Crippen LogP contribution >= 0.6 is 7.82 Å². The Hall–Kier alpha value is -1.23. The zero-order valence-electron chi connectivity index (χ0n) is 10.1. The van der Waals surface area contributed by atoms with Crippen molar-refractivity contribution in [3.63, 3.8) is 0 Å². The summed E-state index contributed by atoms with van der Waals surface area (Å²) in [6.45, 7) is -1.47. The lowest BCUT2D eigenvalue weighted by Crippen LogP contribution is -2.36. The second-order valence-electron chi connectivity index (χ2n) is 3.22. The van der Waals surface area contributed by atoms with Gasteiger partial charge in [0.05, 0.1) is 13.2 Å². The van der Waals surface area contributed by atoms with Crippen molar-refractivity contribution in [3.8, 4) is 0 Å². The van der Waals surface area contributed by atoms with Crippen molar-refractivity contribution in [2.45, 2.75) is 6.10 Å². The molecular formula is C7H18N3O8P. The van der Waals surface area contributed by atoms with E-state index >= 15 is 0 Å². The molecule has 0 atom stereocenters. The average Bonchev–Trinajstić information content (AvgIpc) is 2.24. The summed E-state index contributed by atoms with van der Waals surface area (Å²) in [4.78, 5) is 27.3. The first-order valence-corrected chi connectivity index (χ1v) is 6.29. The van der Waals surface area contributed by atoms with Gasteiger partial charge in [0.2, 0.25) is 0 Å². The smallest absolute Gasteiger partial charge is 0.470 e. The Kier molecular flexibility index (Phi) is 10.2. The van der Waals surface area contributed by atoms with E-state index in [-0.39, 0.29) is 12.5 Å². The van der Waals surface area contributed by atoms with Gasteiger partial charge in [-0.25, -0.2) is 4.57 Å². The SMILES string of the molecule is CN(CC(=O)O)C(=N)N.O=P(O)(O)OC(CO)CO.